The monoisotopic (exact) mass is 446 g/mol. The number of hydrogen-bond acceptors (Lipinski definition) is 1. The van der Waals surface area contributed by atoms with Gasteiger partial charge in [0.15, 0.2) is 0 Å². The summed E-state index contributed by atoms with van der Waals surface area (Å²) >= 11 is 0. The zero-order valence-corrected chi connectivity index (χ0v) is 20.5. The van der Waals surface area contributed by atoms with E-state index in [1.807, 2.05) is 0 Å². The quantitative estimate of drug-likeness (QED) is 0.336. The molecule has 4 aromatic rings. The molecule has 2 nitrogen and oxygen atoms in total. The van der Waals surface area contributed by atoms with Crippen molar-refractivity contribution < 1.29 is 4.24 Å². The van der Waals surface area contributed by atoms with E-state index in [0.717, 1.165) is 0 Å². The molecule has 0 saturated heterocycles. The Morgan fingerprint density at radius 2 is 1.03 bits per heavy atom. The summed E-state index contributed by atoms with van der Waals surface area (Å²) in [6.07, 6.45) is 2.37. The molecule has 0 amide bonds. The Morgan fingerprint density at radius 3 is 1.58 bits per heavy atom. The van der Waals surface area contributed by atoms with Crippen LogP contribution >= 0.6 is 0 Å². The van der Waals surface area contributed by atoms with Crippen LogP contribution in [-0.4, -0.2) is 24.7 Å². The van der Waals surface area contributed by atoms with Gasteiger partial charge in [-0.1, -0.05) is 0 Å². The number of hydrogen-bond donors (Lipinski definition) is 0. The molecular weight excluding hydrogens is 416 g/mol. The van der Waals surface area contributed by atoms with Gasteiger partial charge >= 0.3 is 197 Å². The van der Waals surface area contributed by atoms with Crippen LogP contribution < -0.4 is 9.75 Å². The Labute approximate surface area is 197 Å². The molecule has 33 heavy (non-hydrogen) atoms. The van der Waals surface area contributed by atoms with E-state index in [9.17, 15) is 0 Å². The van der Waals surface area contributed by atoms with Gasteiger partial charge in [0.05, 0.1) is 0 Å². The summed E-state index contributed by atoms with van der Waals surface area (Å²) in [4.78, 5) is 0. The Bertz CT molecular complexity index is 1330. The van der Waals surface area contributed by atoms with Crippen LogP contribution in [0.15, 0.2) is 127 Å². The summed E-state index contributed by atoms with van der Waals surface area (Å²) < 4.78 is 5.21. The molecule has 1 aliphatic rings. The molecule has 5 rings (SSSR count). The molecule has 0 N–H and O–H groups in total. The van der Waals surface area contributed by atoms with Gasteiger partial charge in [0.25, 0.3) is 0 Å². The number of allylic oxidation sites excluding steroid dienone is 1. The minimum absolute atomic E-state index is 1.22. The van der Waals surface area contributed by atoms with Crippen LogP contribution in [0.3, 0.4) is 0 Å². The summed E-state index contributed by atoms with van der Waals surface area (Å²) in [7, 11) is -0.998. The number of anilines is 1. The van der Waals surface area contributed by atoms with Gasteiger partial charge in [-0.2, -0.15) is 0 Å². The third-order valence-electron chi connectivity index (χ3n) is 7.29. The molecule has 3 heteroatoms. The predicted octanol–water partition coefficient (Wildman–Crippen LogP) is 6.24. The summed E-state index contributed by atoms with van der Waals surface area (Å²) in [5.74, 6) is 0. The summed E-state index contributed by atoms with van der Waals surface area (Å²) in [6, 6.07) is 43.5. The molecule has 1 heterocycles. The van der Waals surface area contributed by atoms with Crippen molar-refractivity contribution in [3.05, 3.63) is 139 Å². The van der Waals surface area contributed by atoms with Crippen molar-refractivity contribution in [2.24, 2.45) is 0 Å². The normalized spacial score (nSPS) is 18.2. The first kappa shape index (κ1) is 21.2. The number of nitrogens with zero attached hydrogens (tertiary/aromatic N) is 2. The second-order valence-corrected chi connectivity index (χ2v) is 15.6. The van der Waals surface area contributed by atoms with Gasteiger partial charge in [-0.05, 0) is 0 Å². The van der Waals surface area contributed by atoms with Gasteiger partial charge in [-0.3, -0.25) is 0 Å². The van der Waals surface area contributed by atoms with Gasteiger partial charge < -0.3 is 0 Å². The van der Waals surface area contributed by atoms with Crippen LogP contribution in [0.5, 0.6) is 0 Å². The van der Waals surface area contributed by atoms with Crippen molar-refractivity contribution in [2.45, 2.75) is 13.1 Å². The third kappa shape index (κ3) is 3.36. The summed E-state index contributed by atoms with van der Waals surface area (Å²) in [5.41, 5.74) is 6.17. The molecule has 0 fully saturated rings. The zero-order valence-electron chi connectivity index (χ0n) is 19.5. The second kappa shape index (κ2) is 8.02. The van der Waals surface area contributed by atoms with Crippen LogP contribution in [0.1, 0.15) is 11.1 Å². The Hall–Kier alpha value is -3.69. The van der Waals surface area contributed by atoms with Gasteiger partial charge in [0.1, 0.15) is 0 Å². The van der Waals surface area contributed by atoms with E-state index < -0.39 is 7.67 Å². The molecule has 0 radical (unpaired) electrons. The molecule has 0 aliphatic carbocycles. The number of para-hydroxylation sites is 1. The van der Waals surface area contributed by atoms with Crippen molar-refractivity contribution in [1.82, 2.24) is 0 Å². The number of benzene rings is 4. The van der Waals surface area contributed by atoms with Crippen LogP contribution in [0, 0.1) is 0 Å². The molecule has 0 unspecified atom stereocenters. The first-order chi connectivity index (χ1) is 16.0. The maximum absolute atomic E-state index is 3.27. The van der Waals surface area contributed by atoms with E-state index in [1.165, 1.54) is 33.4 Å². The first-order valence-electron chi connectivity index (χ1n) is 11.5. The molecule has 1 aliphatic heterocycles. The fourth-order valence-corrected chi connectivity index (χ4v) is 10.0. The van der Waals surface area contributed by atoms with Crippen molar-refractivity contribution in [1.29, 1.82) is 0 Å². The average molecular weight is 447 g/mol. The Morgan fingerprint density at radius 1 is 0.576 bits per heavy atom. The molecule has 4 aromatic carbocycles. The topological polar surface area (TPSA) is 6.25 Å². The van der Waals surface area contributed by atoms with Crippen LogP contribution in [-0.2, 0) is 0 Å². The zero-order chi connectivity index (χ0) is 22.9. The molecule has 0 aromatic heterocycles. The molecule has 0 spiro atoms. The standard InChI is InChI=1S/C30H30N2Si/c1-31-29(25-16-8-4-9-17-25)24-30(26-18-10-5-11-19-26)32(27-20-12-6-13-21-27)33(31,2,3)28-22-14-7-15-23-28/h4-24H,1-3H3. The van der Waals surface area contributed by atoms with E-state index in [-0.39, 0.29) is 0 Å². The van der Waals surface area contributed by atoms with Gasteiger partial charge in [0, 0.05) is 0 Å². The fraction of sp³-hybridized carbons (Fsp3) is 0.100. The van der Waals surface area contributed by atoms with E-state index in [0.29, 0.717) is 0 Å². The van der Waals surface area contributed by atoms with Crippen molar-refractivity contribution in [3.63, 3.8) is 0 Å². The van der Waals surface area contributed by atoms with Crippen LogP contribution in [0.4, 0.5) is 5.69 Å². The van der Waals surface area contributed by atoms with Crippen molar-refractivity contribution >= 4 is 30.0 Å². The Balaban J connectivity index is 1.91. The van der Waals surface area contributed by atoms with Crippen LogP contribution in [0.25, 0.3) is 5.70 Å². The Kier molecular flexibility index (Phi) is 5.14. The van der Waals surface area contributed by atoms with E-state index in [1.54, 1.807) is 0 Å². The minimum atomic E-state index is -3.27. The van der Waals surface area contributed by atoms with Crippen molar-refractivity contribution in [3.8, 4) is 0 Å². The van der Waals surface area contributed by atoms with Crippen LogP contribution in [0.2, 0.25) is 13.1 Å². The SMILES string of the molecule is C[N+]1=C(c2ccccc2)C=C(c2ccccc2)N(c2ccccc2)[Si-]1(C)(C)c1ccccc1. The van der Waals surface area contributed by atoms with Gasteiger partial charge in [-0.15, -0.1) is 0 Å². The second-order valence-electron chi connectivity index (χ2n) is 9.46. The van der Waals surface area contributed by atoms with E-state index >= 15 is 0 Å². The van der Waals surface area contributed by atoms with E-state index in [4.69, 9.17) is 0 Å². The molecule has 0 atom stereocenters. The van der Waals surface area contributed by atoms with Crippen molar-refractivity contribution in [2.75, 3.05) is 11.6 Å². The first-order valence-corrected chi connectivity index (χ1v) is 14.9. The maximum atomic E-state index is 2.64. The summed E-state index contributed by atoms with van der Waals surface area (Å²) in [6.45, 7) is 4.97. The molecule has 164 valence electrons. The third-order valence-corrected chi connectivity index (χ3v) is 13.3. The molecule has 0 bridgehead atoms. The average Bonchev–Trinajstić information content (AvgIpc) is 2.88. The molecule has 0 saturated carbocycles. The summed E-state index contributed by atoms with van der Waals surface area (Å²) in [5, 5.41) is 1.37. The van der Waals surface area contributed by atoms with Gasteiger partial charge in [0.2, 0.25) is 0 Å². The fourth-order valence-electron chi connectivity index (χ4n) is 5.20. The predicted molar refractivity (Wildman–Crippen MR) is 144 cm³/mol. The van der Waals surface area contributed by atoms with Gasteiger partial charge in [-0.25, -0.2) is 0 Å². The van der Waals surface area contributed by atoms with E-state index in [2.05, 4.69) is 156 Å². The molecular formula is C30H30N2Si. The number of rotatable bonds is 4.